The van der Waals surface area contributed by atoms with Crippen LogP contribution in [0.5, 0.6) is 5.75 Å². The Morgan fingerprint density at radius 2 is 1.88 bits per heavy atom. The summed E-state index contributed by atoms with van der Waals surface area (Å²) >= 11 is 0. The van der Waals surface area contributed by atoms with E-state index in [1.54, 1.807) is 0 Å². The Hall–Kier alpha value is -0.910. The number of hydrogen-bond acceptors (Lipinski definition) is 4. The zero-order chi connectivity index (χ0) is 18.1. The molecular formula is C18H30NO5P. The molecule has 3 N–H and O–H groups in total. The van der Waals surface area contributed by atoms with Crippen molar-refractivity contribution in [3.63, 3.8) is 0 Å². The van der Waals surface area contributed by atoms with Gasteiger partial charge in [0.15, 0.2) is 0 Å². The summed E-state index contributed by atoms with van der Waals surface area (Å²) in [5.74, 6) is 0.832. The minimum absolute atomic E-state index is 0.00901. The smallest absolute Gasteiger partial charge is 0.469 e. The van der Waals surface area contributed by atoms with Crippen molar-refractivity contribution in [1.29, 1.82) is 0 Å². The topological polar surface area (TPSA) is 88.0 Å². The molecular weight excluding hydrogens is 341 g/mol. The molecule has 1 aliphatic heterocycles. The highest BCUT2D eigenvalue weighted by Gasteiger charge is 2.28. The molecule has 0 bridgehead atoms. The second-order valence-corrected chi connectivity index (χ2v) is 7.91. The van der Waals surface area contributed by atoms with E-state index in [-0.39, 0.29) is 18.8 Å². The lowest BCUT2D eigenvalue weighted by atomic mass is 10.1. The van der Waals surface area contributed by atoms with Crippen molar-refractivity contribution in [2.75, 3.05) is 13.2 Å². The summed E-state index contributed by atoms with van der Waals surface area (Å²) in [6, 6.07) is 8.14. The predicted octanol–water partition coefficient (Wildman–Crippen LogP) is 3.42. The average molecular weight is 371 g/mol. The molecule has 1 heterocycles. The van der Waals surface area contributed by atoms with E-state index in [1.165, 1.54) is 37.7 Å². The lowest BCUT2D eigenvalue weighted by Crippen LogP contribution is -2.26. The molecule has 1 aliphatic rings. The standard InChI is InChI=1S/C18H30NO5P/c1-2-3-4-5-6-7-15-8-10-17(11-9-15)24-18-12-16(19-13-18)14-23-25(20,21)22/h8-11,16,18-19H,2-7,12-14H2,1H3,(H2,20,21,22)/t16-,18-/m1/s1. The number of rotatable bonds is 11. The van der Waals surface area contributed by atoms with Crippen molar-refractivity contribution in [3.05, 3.63) is 29.8 Å². The van der Waals surface area contributed by atoms with Crippen molar-refractivity contribution in [2.24, 2.45) is 0 Å². The van der Waals surface area contributed by atoms with Gasteiger partial charge in [-0.1, -0.05) is 44.7 Å². The van der Waals surface area contributed by atoms with Crippen LogP contribution in [0.4, 0.5) is 0 Å². The lowest BCUT2D eigenvalue weighted by Gasteiger charge is -2.14. The van der Waals surface area contributed by atoms with E-state index < -0.39 is 7.82 Å². The summed E-state index contributed by atoms with van der Waals surface area (Å²) in [6.07, 6.45) is 8.20. The van der Waals surface area contributed by atoms with Crippen LogP contribution in [0.1, 0.15) is 51.0 Å². The third kappa shape index (κ3) is 8.34. The molecule has 7 heteroatoms. The highest BCUT2D eigenvalue weighted by molar-refractivity contribution is 7.46. The maximum atomic E-state index is 10.7. The van der Waals surface area contributed by atoms with Crippen LogP contribution in [0.2, 0.25) is 0 Å². The Balaban J connectivity index is 1.68. The number of benzene rings is 1. The van der Waals surface area contributed by atoms with Crippen LogP contribution in [0, 0.1) is 0 Å². The van der Waals surface area contributed by atoms with Crippen LogP contribution >= 0.6 is 7.82 Å². The van der Waals surface area contributed by atoms with Gasteiger partial charge in [0.25, 0.3) is 0 Å². The van der Waals surface area contributed by atoms with Gasteiger partial charge < -0.3 is 19.8 Å². The number of phosphoric acid groups is 1. The summed E-state index contributed by atoms with van der Waals surface area (Å²) < 4.78 is 21.2. The first-order chi connectivity index (χ1) is 12.0. The third-order valence-corrected chi connectivity index (χ3v) is 4.91. The van der Waals surface area contributed by atoms with Crippen molar-refractivity contribution in [1.82, 2.24) is 5.32 Å². The Kier molecular flexibility index (Phi) is 8.40. The highest BCUT2D eigenvalue weighted by atomic mass is 31.2. The first-order valence-electron chi connectivity index (χ1n) is 9.15. The van der Waals surface area contributed by atoms with Gasteiger partial charge in [-0.3, -0.25) is 4.52 Å². The maximum Gasteiger partial charge on any atom is 0.469 e. The number of phosphoric ester groups is 1. The number of nitrogens with one attached hydrogen (secondary N) is 1. The van der Waals surface area contributed by atoms with Crippen LogP contribution in [-0.4, -0.2) is 35.1 Å². The van der Waals surface area contributed by atoms with E-state index in [9.17, 15) is 4.57 Å². The number of hydrogen-bond donors (Lipinski definition) is 3. The first-order valence-corrected chi connectivity index (χ1v) is 10.7. The van der Waals surface area contributed by atoms with Gasteiger partial charge in [0, 0.05) is 19.0 Å². The molecule has 1 aromatic rings. The second-order valence-electron chi connectivity index (χ2n) is 6.68. The van der Waals surface area contributed by atoms with Crippen LogP contribution in [0.15, 0.2) is 24.3 Å². The van der Waals surface area contributed by atoms with Gasteiger partial charge in [0.05, 0.1) is 6.61 Å². The fourth-order valence-corrected chi connectivity index (χ4v) is 3.42. The van der Waals surface area contributed by atoms with E-state index in [0.29, 0.717) is 13.0 Å². The molecule has 142 valence electrons. The second kappa shape index (κ2) is 10.3. The minimum atomic E-state index is -4.41. The van der Waals surface area contributed by atoms with E-state index in [4.69, 9.17) is 14.5 Å². The Morgan fingerprint density at radius 3 is 2.56 bits per heavy atom. The summed E-state index contributed by atoms with van der Waals surface area (Å²) in [6.45, 7) is 2.86. The van der Waals surface area contributed by atoms with E-state index in [0.717, 1.165) is 12.2 Å². The number of ether oxygens (including phenoxy) is 1. The summed E-state index contributed by atoms with van der Waals surface area (Å²) in [5, 5.41) is 3.16. The van der Waals surface area contributed by atoms with Crippen molar-refractivity contribution >= 4 is 7.82 Å². The molecule has 0 aliphatic carbocycles. The van der Waals surface area contributed by atoms with Gasteiger partial charge in [-0.15, -0.1) is 0 Å². The van der Waals surface area contributed by atoms with Crippen LogP contribution in [0.3, 0.4) is 0 Å². The van der Waals surface area contributed by atoms with Gasteiger partial charge in [-0.05, 0) is 30.5 Å². The van der Waals surface area contributed by atoms with E-state index in [2.05, 4.69) is 28.9 Å². The molecule has 2 atom stereocenters. The first kappa shape index (κ1) is 20.4. The molecule has 6 nitrogen and oxygen atoms in total. The van der Waals surface area contributed by atoms with Crippen molar-refractivity contribution in [3.8, 4) is 5.75 Å². The largest absolute Gasteiger partial charge is 0.489 e. The molecule has 0 unspecified atom stereocenters. The fraction of sp³-hybridized carbons (Fsp3) is 0.667. The summed E-state index contributed by atoms with van der Waals surface area (Å²) in [7, 11) is -4.41. The highest BCUT2D eigenvalue weighted by Crippen LogP contribution is 2.36. The SMILES string of the molecule is CCCCCCCc1ccc(O[C@H]2CN[C@@H](COP(=O)(O)O)C2)cc1. The normalized spacial score (nSPS) is 20.8. The van der Waals surface area contributed by atoms with E-state index in [1.807, 2.05) is 12.1 Å². The van der Waals surface area contributed by atoms with Gasteiger partial charge in [-0.25, -0.2) is 4.57 Å². The Bertz CT molecular complexity index is 545. The Labute approximate surface area is 150 Å². The minimum Gasteiger partial charge on any atom is -0.489 e. The molecule has 0 spiro atoms. The molecule has 0 radical (unpaired) electrons. The van der Waals surface area contributed by atoms with E-state index >= 15 is 0 Å². The quantitative estimate of drug-likeness (QED) is 0.408. The average Bonchev–Trinajstić information content (AvgIpc) is 3.01. The third-order valence-electron chi connectivity index (χ3n) is 4.42. The molecule has 25 heavy (non-hydrogen) atoms. The van der Waals surface area contributed by atoms with Crippen molar-refractivity contribution < 1.29 is 23.6 Å². The molecule has 0 saturated carbocycles. The summed E-state index contributed by atoms with van der Waals surface area (Å²) in [4.78, 5) is 17.5. The summed E-state index contributed by atoms with van der Waals surface area (Å²) in [5.41, 5.74) is 1.33. The predicted molar refractivity (Wildman–Crippen MR) is 97.7 cm³/mol. The van der Waals surface area contributed by atoms with Crippen molar-refractivity contribution in [2.45, 2.75) is 64.0 Å². The maximum absolute atomic E-state index is 10.7. The van der Waals surface area contributed by atoms with Gasteiger partial charge in [0.2, 0.25) is 0 Å². The lowest BCUT2D eigenvalue weighted by molar-refractivity contribution is 0.173. The molecule has 0 amide bonds. The molecule has 1 saturated heterocycles. The van der Waals surface area contributed by atoms with Crippen LogP contribution in [0.25, 0.3) is 0 Å². The zero-order valence-corrected chi connectivity index (χ0v) is 15.8. The molecule has 1 fully saturated rings. The van der Waals surface area contributed by atoms with Crippen LogP contribution in [-0.2, 0) is 15.5 Å². The van der Waals surface area contributed by atoms with Gasteiger partial charge in [-0.2, -0.15) is 0 Å². The van der Waals surface area contributed by atoms with Gasteiger partial charge >= 0.3 is 7.82 Å². The zero-order valence-electron chi connectivity index (χ0n) is 14.9. The molecule has 2 rings (SSSR count). The van der Waals surface area contributed by atoms with Gasteiger partial charge in [0.1, 0.15) is 11.9 Å². The number of unbranched alkanes of at least 4 members (excludes halogenated alkanes) is 4. The van der Waals surface area contributed by atoms with Crippen LogP contribution < -0.4 is 10.1 Å². The Morgan fingerprint density at radius 1 is 1.16 bits per heavy atom. The molecule has 0 aromatic heterocycles. The monoisotopic (exact) mass is 371 g/mol. The fourth-order valence-electron chi connectivity index (χ4n) is 3.05. The number of aryl methyl sites for hydroxylation is 1. The molecule has 1 aromatic carbocycles.